The minimum atomic E-state index is 0.652. The molecule has 2 rings (SSSR count). The molecule has 2 aromatic rings. The monoisotopic (exact) mass is 284 g/mol. The maximum absolute atomic E-state index is 4.26. The second-order valence-electron chi connectivity index (χ2n) is 5.74. The summed E-state index contributed by atoms with van der Waals surface area (Å²) in [6.45, 7) is 7.16. The molecule has 0 amide bonds. The lowest BCUT2D eigenvalue weighted by atomic mass is 10.1. The van der Waals surface area contributed by atoms with E-state index in [1.54, 1.807) is 0 Å². The van der Waals surface area contributed by atoms with Gasteiger partial charge in [0.2, 0.25) is 0 Å². The first-order chi connectivity index (χ1) is 10.2. The molecule has 1 N–H and O–H groups in total. The van der Waals surface area contributed by atoms with Gasteiger partial charge in [0, 0.05) is 56.2 Å². The molecule has 0 saturated heterocycles. The van der Waals surface area contributed by atoms with Crippen LogP contribution in [0, 0.1) is 5.92 Å². The molecule has 0 aliphatic rings. The van der Waals surface area contributed by atoms with Gasteiger partial charge in [-0.2, -0.15) is 0 Å². The maximum Gasteiger partial charge on any atom is 0.0443 e. The third-order valence-electron chi connectivity index (χ3n) is 3.33. The third-order valence-corrected chi connectivity index (χ3v) is 3.33. The molecule has 0 aromatic carbocycles. The van der Waals surface area contributed by atoms with Crippen LogP contribution in [0.25, 0.3) is 0 Å². The number of hydrogen-bond acceptors (Lipinski definition) is 4. The van der Waals surface area contributed by atoms with Gasteiger partial charge in [-0.3, -0.25) is 9.97 Å². The molecule has 2 aromatic heterocycles. The largest absolute Gasteiger partial charge is 0.370 e. The Morgan fingerprint density at radius 2 is 1.81 bits per heavy atom. The molecule has 4 nitrogen and oxygen atoms in total. The summed E-state index contributed by atoms with van der Waals surface area (Å²) in [5, 5.41) is 3.48. The summed E-state index contributed by atoms with van der Waals surface area (Å²) in [4.78, 5) is 10.6. The third kappa shape index (κ3) is 4.83. The van der Waals surface area contributed by atoms with Gasteiger partial charge in [0.15, 0.2) is 0 Å². The number of anilines is 1. The molecule has 0 atom stereocenters. The first-order valence-electron chi connectivity index (χ1n) is 7.40. The van der Waals surface area contributed by atoms with E-state index in [0.29, 0.717) is 5.92 Å². The lowest BCUT2D eigenvalue weighted by Gasteiger charge is -2.22. The Kier molecular flexibility index (Phi) is 5.69. The summed E-state index contributed by atoms with van der Waals surface area (Å²) in [5.74, 6) is 0.652. The van der Waals surface area contributed by atoms with Crippen LogP contribution < -0.4 is 10.2 Å². The number of rotatable bonds is 7. The average Bonchev–Trinajstić information content (AvgIpc) is 2.48. The zero-order valence-electron chi connectivity index (χ0n) is 13.1. The smallest absolute Gasteiger partial charge is 0.0443 e. The fourth-order valence-electron chi connectivity index (χ4n) is 2.27. The Morgan fingerprint density at radius 3 is 2.52 bits per heavy atom. The highest BCUT2D eigenvalue weighted by Crippen LogP contribution is 2.19. The van der Waals surface area contributed by atoms with Gasteiger partial charge in [0.1, 0.15) is 0 Å². The Bertz CT molecular complexity index is 539. The number of hydrogen-bond donors (Lipinski definition) is 1. The van der Waals surface area contributed by atoms with Crippen molar-refractivity contribution in [2.24, 2.45) is 5.92 Å². The van der Waals surface area contributed by atoms with Crippen molar-refractivity contribution in [3.63, 3.8) is 0 Å². The van der Waals surface area contributed by atoms with Gasteiger partial charge in [-0.1, -0.05) is 13.8 Å². The van der Waals surface area contributed by atoms with Crippen molar-refractivity contribution in [3.05, 3.63) is 54.1 Å². The van der Waals surface area contributed by atoms with E-state index in [-0.39, 0.29) is 0 Å². The van der Waals surface area contributed by atoms with E-state index in [1.165, 1.54) is 16.8 Å². The van der Waals surface area contributed by atoms with Crippen molar-refractivity contribution in [1.29, 1.82) is 0 Å². The van der Waals surface area contributed by atoms with E-state index in [2.05, 4.69) is 47.1 Å². The highest BCUT2D eigenvalue weighted by molar-refractivity contribution is 5.51. The Hall–Kier alpha value is -1.94. The minimum Gasteiger partial charge on any atom is -0.370 e. The van der Waals surface area contributed by atoms with E-state index < -0.39 is 0 Å². The van der Waals surface area contributed by atoms with Crippen LogP contribution in [0.2, 0.25) is 0 Å². The van der Waals surface area contributed by atoms with Gasteiger partial charge < -0.3 is 10.2 Å². The van der Waals surface area contributed by atoms with Crippen LogP contribution in [0.3, 0.4) is 0 Å². The summed E-state index contributed by atoms with van der Waals surface area (Å²) in [6, 6.07) is 6.18. The molecule has 0 aliphatic carbocycles. The number of aromatic nitrogens is 2. The van der Waals surface area contributed by atoms with Gasteiger partial charge in [-0.05, 0) is 36.2 Å². The van der Waals surface area contributed by atoms with Crippen LogP contribution in [0.5, 0.6) is 0 Å². The summed E-state index contributed by atoms with van der Waals surface area (Å²) in [6.07, 6.45) is 7.47. The summed E-state index contributed by atoms with van der Waals surface area (Å²) < 4.78 is 0. The predicted octanol–water partition coefficient (Wildman–Crippen LogP) is 2.86. The fourth-order valence-corrected chi connectivity index (χ4v) is 2.27. The summed E-state index contributed by atoms with van der Waals surface area (Å²) in [7, 11) is 2.11. The van der Waals surface area contributed by atoms with Gasteiger partial charge in [-0.15, -0.1) is 0 Å². The van der Waals surface area contributed by atoms with E-state index >= 15 is 0 Å². The fraction of sp³-hybridized carbons (Fsp3) is 0.412. The zero-order chi connectivity index (χ0) is 15.1. The van der Waals surface area contributed by atoms with Crippen LogP contribution in [0.4, 0.5) is 5.69 Å². The van der Waals surface area contributed by atoms with Crippen molar-refractivity contribution >= 4 is 5.69 Å². The molecule has 0 saturated carbocycles. The van der Waals surface area contributed by atoms with E-state index in [0.717, 1.165) is 19.6 Å². The Morgan fingerprint density at radius 1 is 1.10 bits per heavy atom. The van der Waals surface area contributed by atoms with E-state index in [9.17, 15) is 0 Å². The van der Waals surface area contributed by atoms with Crippen molar-refractivity contribution in [1.82, 2.24) is 15.3 Å². The molecule has 0 unspecified atom stereocenters. The van der Waals surface area contributed by atoms with Gasteiger partial charge in [-0.25, -0.2) is 0 Å². The van der Waals surface area contributed by atoms with Gasteiger partial charge >= 0.3 is 0 Å². The molecule has 21 heavy (non-hydrogen) atoms. The molecule has 0 fully saturated rings. The maximum atomic E-state index is 4.26. The lowest BCUT2D eigenvalue weighted by Crippen LogP contribution is -2.23. The number of nitrogens with zero attached hydrogens (tertiary/aromatic N) is 3. The van der Waals surface area contributed by atoms with Crippen LogP contribution in [0.15, 0.2) is 43.0 Å². The highest BCUT2D eigenvalue weighted by Gasteiger charge is 2.08. The first-order valence-corrected chi connectivity index (χ1v) is 7.40. The molecule has 0 radical (unpaired) electrons. The topological polar surface area (TPSA) is 41.1 Å². The molecule has 2 heterocycles. The molecule has 0 bridgehead atoms. The number of pyridine rings is 2. The lowest BCUT2D eigenvalue weighted by molar-refractivity contribution is 0.551. The van der Waals surface area contributed by atoms with Crippen LogP contribution >= 0.6 is 0 Å². The van der Waals surface area contributed by atoms with Crippen molar-refractivity contribution in [3.8, 4) is 0 Å². The minimum absolute atomic E-state index is 0.652. The van der Waals surface area contributed by atoms with Crippen molar-refractivity contribution < 1.29 is 0 Å². The van der Waals surface area contributed by atoms with Gasteiger partial charge in [0.25, 0.3) is 0 Å². The van der Waals surface area contributed by atoms with Crippen LogP contribution in [-0.4, -0.2) is 23.6 Å². The van der Waals surface area contributed by atoms with Crippen molar-refractivity contribution in [2.75, 3.05) is 18.5 Å². The average molecular weight is 284 g/mol. The molecular weight excluding hydrogens is 260 g/mol. The normalized spacial score (nSPS) is 10.9. The number of nitrogens with one attached hydrogen (secondary N) is 1. The summed E-state index contributed by atoms with van der Waals surface area (Å²) in [5.41, 5.74) is 3.71. The second-order valence-corrected chi connectivity index (χ2v) is 5.74. The Balaban J connectivity index is 2.04. The first kappa shape index (κ1) is 15.4. The zero-order valence-corrected chi connectivity index (χ0v) is 13.1. The predicted molar refractivity (Wildman–Crippen MR) is 87.1 cm³/mol. The molecule has 112 valence electrons. The van der Waals surface area contributed by atoms with E-state index in [1.807, 2.05) is 36.9 Å². The molecular formula is C17H24N4. The van der Waals surface area contributed by atoms with Crippen molar-refractivity contribution in [2.45, 2.75) is 26.9 Å². The summed E-state index contributed by atoms with van der Waals surface area (Å²) >= 11 is 0. The standard InChI is InChI=1S/C17H24N4/c1-14(2)10-20-12-16-11-19-9-6-17(16)21(3)13-15-4-7-18-8-5-15/h4-9,11,14,20H,10,12-13H2,1-3H3. The van der Waals surface area contributed by atoms with E-state index in [4.69, 9.17) is 0 Å². The SMILES string of the molecule is CC(C)CNCc1cnccc1N(C)Cc1ccncc1. The molecule has 0 aliphatic heterocycles. The second kappa shape index (κ2) is 7.74. The van der Waals surface area contributed by atoms with Gasteiger partial charge in [0.05, 0.1) is 0 Å². The quantitative estimate of drug-likeness (QED) is 0.849. The highest BCUT2D eigenvalue weighted by atomic mass is 15.1. The molecule has 4 heteroatoms. The Labute approximate surface area is 127 Å². The molecule has 0 spiro atoms. The van der Waals surface area contributed by atoms with Crippen LogP contribution in [-0.2, 0) is 13.1 Å². The van der Waals surface area contributed by atoms with Crippen LogP contribution in [0.1, 0.15) is 25.0 Å².